The van der Waals surface area contributed by atoms with Crippen molar-refractivity contribution in [3.05, 3.63) is 12.7 Å². The lowest BCUT2D eigenvalue weighted by molar-refractivity contribution is -0.282. The Morgan fingerprint density at radius 2 is 2.00 bits per heavy atom. The molecule has 2 rings (SSSR count). The van der Waals surface area contributed by atoms with Crippen LogP contribution in [0.3, 0.4) is 0 Å². The van der Waals surface area contributed by atoms with Gasteiger partial charge in [0.25, 0.3) is 0 Å². The molecule has 2 heteroatoms. The summed E-state index contributed by atoms with van der Waals surface area (Å²) in [6.07, 6.45) is 10.7. The fourth-order valence-corrected chi connectivity index (χ4v) is 3.07. The summed E-state index contributed by atoms with van der Waals surface area (Å²) in [7, 11) is 0. The minimum absolute atomic E-state index is 0.0928. The number of rotatable bonds is 3. The maximum Gasteiger partial charge on any atom is 0.163 e. The molecule has 1 saturated heterocycles. The predicted octanol–water partition coefficient (Wildman–Crippen LogP) is 4.30. The molecule has 0 aromatic carbocycles. The van der Waals surface area contributed by atoms with E-state index in [1.54, 1.807) is 0 Å². The van der Waals surface area contributed by atoms with E-state index in [1.165, 1.54) is 32.1 Å². The monoisotopic (exact) mass is 276 g/mol. The van der Waals surface area contributed by atoms with Gasteiger partial charge in [-0.05, 0) is 33.1 Å². The van der Waals surface area contributed by atoms with E-state index in [9.17, 15) is 0 Å². The van der Waals surface area contributed by atoms with E-state index >= 15 is 0 Å². The Bertz CT molecular complexity index is 369. The second-order valence-electron chi connectivity index (χ2n) is 6.48. The summed E-state index contributed by atoms with van der Waals surface area (Å²) in [6, 6.07) is 0. The smallest absolute Gasteiger partial charge is 0.163 e. The molecule has 0 radical (unpaired) electrons. The van der Waals surface area contributed by atoms with Gasteiger partial charge in [-0.1, -0.05) is 31.3 Å². The van der Waals surface area contributed by atoms with Crippen molar-refractivity contribution in [1.29, 1.82) is 0 Å². The maximum absolute atomic E-state index is 5.89. The minimum Gasteiger partial charge on any atom is -0.350 e. The zero-order valence-electron chi connectivity index (χ0n) is 13.0. The van der Waals surface area contributed by atoms with Crippen LogP contribution in [-0.4, -0.2) is 18.5 Å². The summed E-state index contributed by atoms with van der Waals surface area (Å²) in [6.45, 7) is 8.55. The highest BCUT2D eigenvalue weighted by atomic mass is 16.7. The first-order valence-corrected chi connectivity index (χ1v) is 8.03. The summed E-state index contributed by atoms with van der Waals surface area (Å²) in [5.74, 6) is 7.38. The van der Waals surface area contributed by atoms with Gasteiger partial charge in [0.2, 0.25) is 0 Å². The Labute approximate surface area is 123 Å². The first-order chi connectivity index (χ1) is 9.61. The summed E-state index contributed by atoms with van der Waals surface area (Å²) in [4.78, 5) is 0. The number of ether oxygens (including phenoxy) is 2. The molecule has 20 heavy (non-hydrogen) atoms. The lowest BCUT2D eigenvalue weighted by Crippen LogP contribution is -2.44. The van der Waals surface area contributed by atoms with Gasteiger partial charge in [0.1, 0.15) is 0 Å². The van der Waals surface area contributed by atoms with Crippen LogP contribution in [-0.2, 0) is 9.47 Å². The maximum atomic E-state index is 5.89. The molecule has 0 aromatic heterocycles. The highest BCUT2D eigenvalue weighted by Gasteiger charge is 2.34. The van der Waals surface area contributed by atoms with Gasteiger partial charge in [-0.3, -0.25) is 0 Å². The Morgan fingerprint density at radius 3 is 2.70 bits per heavy atom. The molecular formula is C18H28O2. The van der Waals surface area contributed by atoms with Crippen molar-refractivity contribution in [3.8, 4) is 11.8 Å². The molecule has 112 valence electrons. The number of hydrogen-bond donors (Lipinski definition) is 0. The van der Waals surface area contributed by atoms with E-state index in [0.717, 1.165) is 19.4 Å². The third-order valence-electron chi connectivity index (χ3n) is 4.31. The Hall–Kier alpha value is -0.780. The van der Waals surface area contributed by atoms with Crippen molar-refractivity contribution < 1.29 is 9.47 Å². The lowest BCUT2D eigenvalue weighted by Gasteiger charge is -2.39. The largest absolute Gasteiger partial charge is 0.350 e. The van der Waals surface area contributed by atoms with Crippen LogP contribution in [0, 0.1) is 23.7 Å². The first-order valence-electron chi connectivity index (χ1n) is 8.03. The predicted molar refractivity (Wildman–Crippen MR) is 82.2 cm³/mol. The summed E-state index contributed by atoms with van der Waals surface area (Å²) in [5, 5.41) is 0. The zero-order valence-corrected chi connectivity index (χ0v) is 13.0. The molecule has 2 nitrogen and oxygen atoms in total. The van der Waals surface area contributed by atoms with Crippen molar-refractivity contribution in [1.82, 2.24) is 0 Å². The van der Waals surface area contributed by atoms with E-state index in [2.05, 4.69) is 18.4 Å². The van der Waals surface area contributed by atoms with Gasteiger partial charge in [0.05, 0.1) is 12.7 Å². The van der Waals surface area contributed by atoms with Crippen LogP contribution in [0.2, 0.25) is 0 Å². The lowest BCUT2D eigenvalue weighted by atomic mass is 9.89. The molecule has 0 amide bonds. The standard InChI is InChI=1S/C18H28O2/c1-4-17-16(14-19-18(2,3)20-17)13-9-8-12-15-10-6-5-7-11-15/h4,15-17H,1,5-7,9-11,13-14H2,2-3H3/t16-,17+/m0/s1. The van der Waals surface area contributed by atoms with E-state index in [0.29, 0.717) is 11.8 Å². The second-order valence-corrected chi connectivity index (χ2v) is 6.48. The molecule has 1 saturated carbocycles. The first kappa shape index (κ1) is 15.6. The van der Waals surface area contributed by atoms with Crippen molar-refractivity contribution >= 4 is 0 Å². The molecule has 2 atom stereocenters. The molecule has 0 bridgehead atoms. The van der Waals surface area contributed by atoms with Crippen LogP contribution in [0.25, 0.3) is 0 Å². The van der Waals surface area contributed by atoms with E-state index in [1.807, 2.05) is 19.9 Å². The van der Waals surface area contributed by atoms with Gasteiger partial charge in [0, 0.05) is 18.3 Å². The van der Waals surface area contributed by atoms with Crippen molar-refractivity contribution in [2.75, 3.05) is 6.61 Å². The van der Waals surface area contributed by atoms with E-state index < -0.39 is 5.79 Å². The van der Waals surface area contributed by atoms with Crippen LogP contribution in [0.4, 0.5) is 0 Å². The highest BCUT2D eigenvalue weighted by molar-refractivity contribution is 5.05. The van der Waals surface area contributed by atoms with Crippen molar-refractivity contribution in [2.45, 2.75) is 70.7 Å². The molecular weight excluding hydrogens is 248 g/mol. The van der Waals surface area contributed by atoms with Crippen LogP contribution in [0.15, 0.2) is 12.7 Å². The molecule has 0 spiro atoms. The van der Waals surface area contributed by atoms with Gasteiger partial charge in [-0.25, -0.2) is 0 Å². The van der Waals surface area contributed by atoms with Crippen LogP contribution >= 0.6 is 0 Å². The van der Waals surface area contributed by atoms with Crippen LogP contribution in [0.1, 0.15) is 58.8 Å². The minimum atomic E-state index is -0.483. The molecule has 0 aromatic rings. The quantitative estimate of drug-likeness (QED) is 0.565. The van der Waals surface area contributed by atoms with E-state index in [-0.39, 0.29) is 6.10 Å². The molecule has 2 aliphatic rings. The third-order valence-corrected chi connectivity index (χ3v) is 4.31. The van der Waals surface area contributed by atoms with Crippen molar-refractivity contribution in [3.63, 3.8) is 0 Å². The zero-order chi connectivity index (χ0) is 14.4. The molecule has 0 N–H and O–H groups in total. The molecule has 1 aliphatic carbocycles. The number of hydrogen-bond acceptors (Lipinski definition) is 2. The fourth-order valence-electron chi connectivity index (χ4n) is 3.07. The third kappa shape index (κ3) is 4.65. The van der Waals surface area contributed by atoms with E-state index in [4.69, 9.17) is 9.47 Å². The van der Waals surface area contributed by atoms with Crippen molar-refractivity contribution in [2.24, 2.45) is 11.8 Å². The highest BCUT2D eigenvalue weighted by Crippen LogP contribution is 2.29. The molecule has 0 unspecified atom stereocenters. The molecule has 2 fully saturated rings. The molecule has 1 aliphatic heterocycles. The SMILES string of the molecule is C=C[C@H]1OC(C)(C)OC[C@@H]1CCC#CC1CCCCC1. The normalized spacial score (nSPS) is 30.3. The van der Waals surface area contributed by atoms with Gasteiger partial charge >= 0.3 is 0 Å². The topological polar surface area (TPSA) is 18.5 Å². The summed E-state index contributed by atoms with van der Waals surface area (Å²) < 4.78 is 11.6. The Balaban J connectivity index is 1.75. The van der Waals surface area contributed by atoms with Gasteiger partial charge < -0.3 is 9.47 Å². The van der Waals surface area contributed by atoms with Gasteiger partial charge in [0.15, 0.2) is 5.79 Å². The second kappa shape index (κ2) is 7.29. The fraction of sp³-hybridized carbons (Fsp3) is 0.778. The average Bonchev–Trinajstić information content (AvgIpc) is 2.45. The van der Waals surface area contributed by atoms with Crippen LogP contribution in [0.5, 0.6) is 0 Å². The van der Waals surface area contributed by atoms with Crippen LogP contribution < -0.4 is 0 Å². The summed E-state index contributed by atoms with van der Waals surface area (Å²) in [5.41, 5.74) is 0. The Kier molecular flexibility index (Phi) is 5.69. The average molecular weight is 276 g/mol. The molecule has 1 heterocycles. The van der Waals surface area contributed by atoms with Gasteiger partial charge in [-0.15, -0.1) is 12.5 Å². The Morgan fingerprint density at radius 1 is 1.25 bits per heavy atom. The summed E-state index contributed by atoms with van der Waals surface area (Å²) >= 11 is 0. The van der Waals surface area contributed by atoms with Gasteiger partial charge in [-0.2, -0.15) is 0 Å².